The molecule has 0 atom stereocenters. The first-order chi connectivity index (χ1) is 12.2. The Labute approximate surface area is 149 Å². The van der Waals surface area contributed by atoms with E-state index in [0.717, 1.165) is 50.7 Å². The number of nitrogens with zero attached hydrogens (tertiary/aromatic N) is 6. The fourth-order valence-electron chi connectivity index (χ4n) is 3.74. The van der Waals surface area contributed by atoms with E-state index in [4.69, 9.17) is 5.10 Å². The maximum Gasteiger partial charge on any atom is 0.133 e. The molecule has 2 aromatic heterocycles. The van der Waals surface area contributed by atoms with Crippen LogP contribution in [0.3, 0.4) is 0 Å². The van der Waals surface area contributed by atoms with Crippen molar-refractivity contribution in [1.82, 2.24) is 24.6 Å². The largest absolute Gasteiger partial charge is 0.367 e. The van der Waals surface area contributed by atoms with Crippen LogP contribution in [0.1, 0.15) is 30.7 Å². The minimum Gasteiger partial charge on any atom is -0.367 e. The average molecular weight is 341 g/mol. The Morgan fingerprint density at radius 3 is 2.76 bits per heavy atom. The summed E-state index contributed by atoms with van der Waals surface area (Å²) >= 11 is 0. The molecule has 0 spiro atoms. The zero-order chi connectivity index (χ0) is 17.2. The number of hydrogen-bond donors (Lipinski definition) is 1. The number of aryl methyl sites for hydroxylation is 2. The van der Waals surface area contributed by atoms with Crippen molar-refractivity contribution in [2.45, 2.75) is 44.8 Å². The third-order valence-electron chi connectivity index (χ3n) is 5.15. The summed E-state index contributed by atoms with van der Waals surface area (Å²) in [5, 5.41) is 8.30. The molecule has 0 radical (unpaired) electrons. The Balaban J connectivity index is 1.28. The first-order valence-corrected chi connectivity index (χ1v) is 9.21. The second-order valence-electron chi connectivity index (χ2n) is 7.30. The molecule has 1 fully saturated rings. The van der Waals surface area contributed by atoms with Gasteiger partial charge < -0.3 is 10.2 Å². The quantitative estimate of drug-likeness (QED) is 0.894. The number of hydrogen-bond acceptors (Lipinski definition) is 6. The van der Waals surface area contributed by atoms with Crippen molar-refractivity contribution in [3.63, 3.8) is 0 Å². The van der Waals surface area contributed by atoms with E-state index in [1.165, 1.54) is 24.2 Å². The summed E-state index contributed by atoms with van der Waals surface area (Å²) < 4.78 is 2.18. The van der Waals surface area contributed by atoms with Gasteiger partial charge in [0, 0.05) is 58.1 Å². The smallest absolute Gasteiger partial charge is 0.133 e. The van der Waals surface area contributed by atoms with Crippen LogP contribution in [0.25, 0.3) is 0 Å². The topological polar surface area (TPSA) is 62.1 Å². The van der Waals surface area contributed by atoms with Gasteiger partial charge in [0.05, 0.1) is 5.69 Å². The van der Waals surface area contributed by atoms with Crippen LogP contribution in [0, 0.1) is 0 Å². The molecule has 0 aliphatic carbocycles. The lowest BCUT2D eigenvalue weighted by Gasteiger charge is -2.32. The third-order valence-corrected chi connectivity index (χ3v) is 5.15. The van der Waals surface area contributed by atoms with Gasteiger partial charge in [-0.25, -0.2) is 9.97 Å². The Kier molecular flexibility index (Phi) is 4.57. The van der Waals surface area contributed by atoms with Gasteiger partial charge in [-0.3, -0.25) is 9.58 Å². The zero-order valence-corrected chi connectivity index (χ0v) is 15.1. The van der Waals surface area contributed by atoms with Gasteiger partial charge in [0.25, 0.3) is 0 Å². The lowest BCUT2D eigenvalue weighted by atomic mass is 10.0. The van der Waals surface area contributed by atoms with Gasteiger partial charge in [-0.15, -0.1) is 0 Å². The highest BCUT2D eigenvalue weighted by Crippen LogP contribution is 2.20. The zero-order valence-electron chi connectivity index (χ0n) is 15.1. The molecular formula is C18H27N7. The normalized spacial score (nSPS) is 18.3. The van der Waals surface area contributed by atoms with E-state index in [1.807, 2.05) is 25.1 Å². The maximum atomic E-state index is 4.74. The number of rotatable bonds is 5. The van der Waals surface area contributed by atoms with E-state index in [9.17, 15) is 0 Å². The molecule has 4 rings (SSSR count). The van der Waals surface area contributed by atoms with Gasteiger partial charge in [0.15, 0.2) is 0 Å². The Morgan fingerprint density at radius 1 is 1.16 bits per heavy atom. The number of anilines is 2. The standard InChI is InChI=1S/C18H27N7/c1-23(2)18-11-17(19-13-20-18)21-14-5-8-24(9-6-14)12-15-10-16-4-3-7-25(16)22-15/h10-11,13-14H,3-9,12H2,1-2H3,(H,19,20,21). The van der Waals surface area contributed by atoms with E-state index in [2.05, 4.69) is 30.9 Å². The molecule has 7 nitrogen and oxygen atoms in total. The molecule has 1 saturated heterocycles. The Bertz CT molecular complexity index is 694. The highest BCUT2D eigenvalue weighted by atomic mass is 15.3. The lowest BCUT2D eigenvalue weighted by molar-refractivity contribution is 0.208. The molecule has 0 saturated carbocycles. The van der Waals surface area contributed by atoms with Crippen molar-refractivity contribution in [1.29, 1.82) is 0 Å². The summed E-state index contributed by atoms with van der Waals surface area (Å²) in [5.74, 6) is 1.85. The summed E-state index contributed by atoms with van der Waals surface area (Å²) in [7, 11) is 3.99. The number of piperidine rings is 1. The maximum absolute atomic E-state index is 4.74. The first-order valence-electron chi connectivity index (χ1n) is 9.21. The van der Waals surface area contributed by atoms with E-state index >= 15 is 0 Å². The lowest BCUT2D eigenvalue weighted by Crippen LogP contribution is -2.38. The molecular weight excluding hydrogens is 314 g/mol. The van der Waals surface area contributed by atoms with Crippen LogP contribution < -0.4 is 10.2 Å². The van der Waals surface area contributed by atoms with Gasteiger partial charge in [0.2, 0.25) is 0 Å². The van der Waals surface area contributed by atoms with Crippen LogP contribution in [-0.2, 0) is 19.5 Å². The first kappa shape index (κ1) is 16.3. The third kappa shape index (κ3) is 3.76. The highest BCUT2D eigenvalue weighted by molar-refractivity contribution is 5.47. The summed E-state index contributed by atoms with van der Waals surface area (Å²) in [4.78, 5) is 13.1. The van der Waals surface area contributed by atoms with Crippen molar-refractivity contribution in [3.8, 4) is 0 Å². The molecule has 7 heteroatoms. The monoisotopic (exact) mass is 341 g/mol. The minimum absolute atomic E-state index is 0.480. The van der Waals surface area contributed by atoms with Gasteiger partial charge in [-0.1, -0.05) is 0 Å². The van der Waals surface area contributed by atoms with Crippen LogP contribution in [0.2, 0.25) is 0 Å². The van der Waals surface area contributed by atoms with Crippen LogP contribution in [-0.4, -0.2) is 57.9 Å². The molecule has 25 heavy (non-hydrogen) atoms. The molecule has 1 N–H and O–H groups in total. The van der Waals surface area contributed by atoms with Crippen molar-refractivity contribution >= 4 is 11.6 Å². The average Bonchev–Trinajstić information content (AvgIpc) is 3.18. The number of nitrogens with one attached hydrogen (secondary N) is 1. The summed E-state index contributed by atoms with van der Waals surface area (Å²) in [5.41, 5.74) is 2.64. The van der Waals surface area contributed by atoms with Crippen molar-refractivity contribution in [3.05, 3.63) is 29.8 Å². The van der Waals surface area contributed by atoms with Crippen molar-refractivity contribution in [2.24, 2.45) is 0 Å². The molecule has 134 valence electrons. The molecule has 0 unspecified atom stereocenters. The SMILES string of the molecule is CN(C)c1cc(NC2CCN(Cc3cc4n(n3)CCC4)CC2)ncn1. The van der Waals surface area contributed by atoms with Crippen molar-refractivity contribution in [2.75, 3.05) is 37.4 Å². The van der Waals surface area contributed by atoms with Crippen LogP contribution >= 0.6 is 0 Å². The summed E-state index contributed by atoms with van der Waals surface area (Å²) in [6.45, 7) is 4.27. The molecule has 2 aromatic rings. The van der Waals surface area contributed by atoms with Gasteiger partial charge in [0.1, 0.15) is 18.0 Å². The number of likely N-dealkylation sites (tertiary alicyclic amines) is 1. The fraction of sp³-hybridized carbons (Fsp3) is 0.611. The predicted molar refractivity (Wildman–Crippen MR) is 98.8 cm³/mol. The summed E-state index contributed by atoms with van der Waals surface area (Å²) in [6.07, 6.45) is 6.33. The second-order valence-corrected chi connectivity index (χ2v) is 7.30. The van der Waals surface area contributed by atoms with Gasteiger partial charge in [-0.05, 0) is 31.7 Å². The number of fused-ring (bicyclic) bond motifs is 1. The Morgan fingerprint density at radius 2 is 2.00 bits per heavy atom. The predicted octanol–water partition coefficient (Wildman–Crippen LogP) is 1.76. The van der Waals surface area contributed by atoms with Gasteiger partial charge in [-0.2, -0.15) is 5.10 Å². The molecule has 2 aliphatic heterocycles. The minimum atomic E-state index is 0.480. The van der Waals surface area contributed by atoms with E-state index in [0.29, 0.717) is 6.04 Å². The second kappa shape index (κ2) is 7.00. The summed E-state index contributed by atoms with van der Waals surface area (Å²) in [6, 6.07) is 4.79. The fourth-order valence-corrected chi connectivity index (χ4v) is 3.74. The highest BCUT2D eigenvalue weighted by Gasteiger charge is 2.21. The molecule has 4 heterocycles. The molecule has 0 amide bonds. The number of aromatic nitrogens is 4. The molecule has 2 aliphatic rings. The van der Waals surface area contributed by atoms with E-state index < -0.39 is 0 Å². The van der Waals surface area contributed by atoms with E-state index in [1.54, 1.807) is 6.33 Å². The van der Waals surface area contributed by atoms with Crippen molar-refractivity contribution < 1.29 is 0 Å². The van der Waals surface area contributed by atoms with E-state index in [-0.39, 0.29) is 0 Å². The molecule has 0 aromatic carbocycles. The van der Waals surface area contributed by atoms with Crippen LogP contribution in [0.15, 0.2) is 18.5 Å². The Hall–Kier alpha value is -2.15. The van der Waals surface area contributed by atoms with Gasteiger partial charge >= 0.3 is 0 Å². The molecule has 0 bridgehead atoms. The van der Waals surface area contributed by atoms with Crippen LogP contribution in [0.5, 0.6) is 0 Å². The van der Waals surface area contributed by atoms with Crippen LogP contribution in [0.4, 0.5) is 11.6 Å².